The van der Waals surface area contributed by atoms with Crippen molar-refractivity contribution < 1.29 is 27.4 Å². The van der Waals surface area contributed by atoms with Crippen molar-refractivity contribution in [2.75, 3.05) is 0 Å². The Morgan fingerprint density at radius 1 is 1.08 bits per heavy atom. The van der Waals surface area contributed by atoms with E-state index in [2.05, 4.69) is 37.1 Å². The number of benzene rings is 1. The third kappa shape index (κ3) is 5.38. The molecule has 1 saturated carbocycles. The van der Waals surface area contributed by atoms with Gasteiger partial charge in [0.05, 0.1) is 11.2 Å². The molecular weight excluding hydrogens is 481 g/mol. The maximum absolute atomic E-state index is 14.0. The van der Waals surface area contributed by atoms with Crippen LogP contribution < -0.4 is 4.74 Å². The molecule has 3 atom stereocenters. The number of fused-ring (bicyclic) bond motifs is 1. The molecule has 0 spiro atoms. The van der Waals surface area contributed by atoms with E-state index < -0.39 is 30.3 Å². The number of halogens is 3. The maximum atomic E-state index is 14.0. The smallest absolute Gasteiger partial charge is 0.398 e. The van der Waals surface area contributed by atoms with E-state index in [-0.39, 0.29) is 18.4 Å². The number of rotatable bonds is 8. The third-order valence-electron chi connectivity index (χ3n) is 7.01. The first-order valence-corrected chi connectivity index (χ1v) is 12.8. The monoisotopic (exact) mass is 514 g/mol. The van der Waals surface area contributed by atoms with E-state index in [1.54, 1.807) is 12.1 Å². The Hall–Kier alpha value is -3.29. The summed E-state index contributed by atoms with van der Waals surface area (Å²) in [6, 6.07) is 11.6. The maximum Gasteiger partial charge on any atom is 0.398 e. The lowest BCUT2D eigenvalue weighted by molar-refractivity contribution is -0.215. The Bertz CT molecular complexity index is 1310. The molecule has 1 aliphatic carbocycles. The first-order valence-electron chi connectivity index (χ1n) is 12.8. The van der Waals surface area contributed by atoms with Crippen LogP contribution >= 0.6 is 0 Å². The van der Waals surface area contributed by atoms with Crippen molar-refractivity contribution in [3.05, 3.63) is 59.9 Å². The molecule has 4 rings (SSSR count). The summed E-state index contributed by atoms with van der Waals surface area (Å²) in [6.45, 7) is 11.7. The van der Waals surface area contributed by atoms with Gasteiger partial charge < -0.3 is 14.0 Å². The molecule has 1 aliphatic rings. The van der Waals surface area contributed by atoms with Crippen molar-refractivity contribution >= 4 is 16.9 Å². The number of carbonyl (C=O) groups is 1. The van der Waals surface area contributed by atoms with Crippen molar-refractivity contribution in [3.63, 3.8) is 0 Å². The van der Waals surface area contributed by atoms with Gasteiger partial charge in [-0.25, -0.2) is 4.79 Å². The third-order valence-corrected chi connectivity index (χ3v) is 7.01. The van der Waals surface area contributed by atoms with Crippen LogP contribution in [0.2, 0.25) is 0 Å². The summed E-state index contributed by atoms with van der Waals surface area (Å²) in [6.07, 6.45) is -5.16. The molecule has 0 N–H and O–H groups in total. The minimum Gasteiger partial charge on any atom is -0.490 e. The van der Waals surface area contributed by atoms with Gasteiger partial charge in [0.2, 0.25) is 0 Å². The summed E-state index contributed by atoms with van der Waals surface area (Å²) in [5, 5.41) is 0.970. The van der Waals surface area contributed by atoms with Gasteiger partial charge in [0, 0.05) is 40.5 Å². The number of esters is 1. The molecule has 0 aliphatic heterocycles. The van der Waals surface area contributed by atoms with Crippen LogP contribution in [0, 0.1) is 5.92 Å². The number of aryl methyl sites for hydroxylation is 3. The molecule has 2 heterocycles. The van der Waals surface area contributed by atoms with Crippen molar-refractivity contribution in [1.82, 2.24) is 9.55 Å². The van der Waals surface area contributed by atoms with E-state index >= 15 is 0 Å². The Morgan fingerprint density at radius 3 is 2.43 bits per heavy atom. The summed E-state index contributed by atoms with van der Waals surface area (Å²) in [5.41, 5.74) is 5.07. The molecule has 3 aromatic rings. The molecule has 0 amide bonds. The van der Waals surface area contributed by atoms with Crippen LogP contribution in [-0.4, -0.2) is 33.9 Å². The van der Waals surface area contributed by atoms with E-state index in [4.69, 9.17) is 14.5 Å². The zero-order valence-electron chi connectivity index (χ0n) is 21.7. The molecule has 37 heavy (non-hydrogen) atoms. The second-order valence-corrected chi connectivity index (χ2v) is 9.52. The van der Waals surface area contributed by atoms with E-state index in [9.17, 15) is 18.0 Å². The Morgan fingerprint density at radius 2 is 1.81 bits per heavy atom. The van der Waals surface area contributed by atoms with Crippen LogP contribution in [0.4, 0.5) is 13.2 Å². The van der Waals surface area contributed by atoms with Gasteiger partial charge >= 0.3 is 12.1 Å². The van der Waals surface area contributed by atoms with E-state index in [1.807, 2.05) is 19.1 Å². The molecule has 1 fully saturated rings. The fraction of sp³-hybridized carbons (Fsp3) is 0.448. The largest absolute Gasteiger partial charge is 0.490 e. The molecule has 5 nitrogen and oxygen atoms in total. The highest BCUT2D eigenvalue weighted by atomic mass is 19.4. The molecule has 1 aromatic carbocycles. The van der Waals surface area contributed by atoms with Gasteiger partial charge in [-0.1, -0.05) is 20.4 Å². The highest BCUT2D eigenvalue weighted by Gasteiger charge is 2.55. The van der Waals surface area contributed by atoms with E-state index in [1.165, 1.54) is 6.92 Å². The van der Waals surface area contributed by atoms with E-state index in [0.29, 0.717) is 12.3 Å². The van der Waals surface area contributed by atoms with Gasteiger partial charge in [-0.15, -0.1) is 0 Å². The molecule has 3 unspecified atom stereocenters. The van der Waals surface area contributed by atoms with Gasteiger partial charge in [0.1, 0.15) is 23.9 Å². The van der Waals surface area contributed by atoms with Gasteiger partial charge in [-0.3, -0.25) is 4.98 Å². The van der Waals surface area contributed by atoms with Crippen LogP contribution in [0.1, 0.15) is 51.9 Å². The fourth-order valence-electron chi connectivity index (χ4n) is 5.14. The minimum absolute atomic E-state index is 0.0673. The number of ether oxygens (including phenoxy) is 2. The average molecular weight is 515 g/mol. The molecule has 0 bridgehead atoms. The number of alkyl halides is 3. The van der Waals surface area contributed by atoms with Crippen molar-refractivity contribution in [1.29, 1.82) is 0 Å². The number of hydrogen-bond acceptors (Lipinski definition) is 4. The van der Waals surface area contributed by atoms with Gasteiger partial charge in [0.15, 0.2) is 0 Å². The number of carbonyl (C=O) groups excluding carboxylic acids is 1. The number of aromatic nitrogens is 2. The standard InChI is InChI=1S/C29H33F3N2O3/c1-6-19-10-12-21(22(7-2)33-19)24-15-18-9-11-20(16-23(18)34(24)8-3)36-25-13-14-26(27(25)29(30,31)32)37-28(35)17(4)5/h9-12,15-16,25-27H,4,6-8,13-14H2,1-3,5H3. The summed E-state index contributed by atoms with van der Waals surface area (Å²) in [5.74, 6) is -2.37. The Balaban J connectivity index is 1.66. The Kier molecular flexibility index (Phi) is 7.67. The summed E-state index contributed by atoms with van der Waals surface area (Å²) in [7, 11) is 0. The SMILES string of the molecule is C=C(C)C(=O)OC1CCC(Oc2ccc3cc(-c4ccc(CC)nc4CC)n(CC)c3c2)C1C(F)(F)F. The second kappa shape index (κ2) is 10.6. The highest BCUT2D eigenvalue weighted by molar-refractivity contribution is 5.88. The number of hydrogen-bond donors (Lipinski definition) is 0. The Labute approximate surface area is 215 Å². The molecular formula is C29H33F3N2O3. The molecule has 0 saturated heterocycles. The van der Waals surface area contributed by atoms with Crippen LogP contribution in [0.15, 0.2) is 48.6 Å². The summed E-state index contributed by atoms with van der Waals surface area (Å²) >= 11 is 0. The van der Waals surface area contributed by atoms with Gasteiger partial charge in [-0.2, -0.15) is 13.2 Å². The predicted molar refractivity (Wildman–Crippen MR) is 137 cm³/mol. The van der Waals surface area contributed by atoms with Crippen LogP contribution in [-0.2, 0) is 28.9 Å². The molecule has 198 valence electrons. The fourth-order valence-corrected chi connectivity index (χ4v) is 5.14. The number of nitrogens with zero attached hydrogens (tertiary/aromatic N) is 2. The highest BCUT2D eigenvalue weighted by Crippen LogP contribution is 2.43. The lowest BCUT2D eigenvalue weighted by atomic mass is 10.0. The average Bonchev–Trinajstić information content (AvgIpc) is 3.43. The topological polar surface area (TPSA) is 53.4 Å². The normalized spacial score (nSPS) is 19.8. The van der Waals surface area contributed by atoms with E-state index in [0.717, 1.165) is 46.4 Å². The molecule has 2 aromatic heterocycles. The van der Waals surface area contributed by atoms with Gasteiger partial charge in [-0.05, 0) is 69.9 Å². The first-order chi connectivity index (χ1) is 17.6. The van der Waals surface area contributed by atoms with Crippen molar-refractivity contribution in [2.24, 2.45) is 5.92 Å². The molecule has 0 radical (unpaired) electrons. The lowest BCUT2D eigenvalue weighted by Crippen LogP contribution is -2.41. The zero-order valence-corrected chi connectivity index (χ0v) is 21.7. The number of pyridine rings is 1. The molecule has 8 heteroatoms. The minimum atomic E-state index is -4.57. The summed E-state index contributed by atoms with van der Waals surface area (Å²) < 4.78 is 55.2. The summed E-state index contributed by atoms with van der Waals surface area (Å²) in [4.78, 5) is 16.7. The quantitative estimate of drug-likeness (QED) is 0.239. The first kappa shape index (κ1) is 26.8. The van der Waals surface area contributed by atoms with Crippen molar-refractivity contribution in [3.8, 4) is 17.0 Å². The lowest BCUT2D eigenvalue weighted by Gasteiger charge is -2.27. The van der Waals surface area contributed by atoms with Crippen LogP contribution in [0.25, 0.3) is 22.2 Å². The van der Waals surface area contributed by atoms with Crippen LogP contribution in [0.3, 0.4) is 0 Å². The van der Waals surface area contributed by atoms with Crippen LogP contribution in [0.5, 0.6) is 5.75 Å². The predicted octanol–water partition coefficient (Wildman–Crippen LogP) is 7.06. The second-order valence-electron chi connectivity index (χ2n) is 9.52. The zero-order chi connectivity index (χ0) is 26.9. The van der Waals surface area contributed by atoms with Gasteiger partial charge in [0.25, 0.3) is 0 Å². The van der Waals surface area contributed by atoms with Crippen molar-refractivity contribution in [2.45, 2.75) is 78.3 Å².